The van der Waals surface area contributed by atoms with E-state index in [2.05, 4.69) is 28.0 Å². The summed E-state index contributed by atoms with van der Waals surface area (Å²) in [5.74, 6) is 1.02. The third-order valence-electron chi connectivity index (χ3n) is 5.74. The monoisotopic (exact) mass is 359 g/mol. The number of amides is 1. The third kappa shape index (κ3) is 4.30. The summed E-state index contributed by atoms with van der Waals surface area (Å²) in [5.41, 5.74) is 2.97. The van der Waals surface area contributed by atoms with Gasteiger partial charge in [0.2, 0.25) is 0 Å². The van der Waals surface area contributed by atoms with Crippen molar-refractivity contribution < 1.29 is 14.3 Å². The second-order valence-electron chi connectivity index (χ2n) is 7.42. The van der Waals surface area contributed by atoms with Gasteiger partial charge in [-0.2, -0.15) is 0 Å². The number of rotatable bonds is 7. The van der Waals surface area contributed by atoms with E-state index in [1.54, 1.807) is 4.90 Å². The first kappa shape index (κ1) is 17.6. The van der Waals surface area contributed by atoms with E-state index in [9.17, 15) is 4.79 Å². The Morgan fingerprint density at radius 3 is 2.46 bits per heavy atom. The first-order valence-electron chi connectivity index (χ1n) is 9.89. The van der Waals surface area contributed by atoms with Gasteiger partial charge in [-0.15, -0.1) is 0 Å². The predicted molar refractivity (Wildman–Crippen MR) is 99.8 cm³/mol. The zero-order valence-electron chi connectivity index (χ0n) is 15.5. The molecule has 1 aromatic carbocycles. The molecule has 0 spiro atoms. The van der Waals surface area contributed by atoms with Crippen LogP contribution in [0.25, 0.3) is 0 Å². The van der Waals surface area contributed by atoms with Crippen LogP contribution in [0.3, 0.4) is 0 Å². The normalized spacial score (nSPS) is 21.1. The second-order valence-corrected chi connectivity index (χ2v) is 7.42. The van der Waals surface area contributed by atoms with Crippen molar-refractivity contribution in [2.45, 2.75) is 19.3 Å². The highest BCUT2D eigenvalue weighted by Gasteiger charge is 2.23. The van der Waals surface area contributed by atoms with Gasteiger partial charge in [0.05, 0.1) is 6.54 Å². The lowest BCUT2D eigenvalue weighted by atomic mass is 10.1. The molecule has 3 aliphatic rings. The van der Waals surface area contributed by atoms with E-state index in [-0.39, 0.29) is 6.09 Å². The van der Waals surface area contributed by atoms with Crippen LogP contribution < -0.4 is 4.74 Å². The van der Waals surface area contributed by atoms with Crippen molar-refractivity contribution in [3.63, 3.8) is 0 Å². The summed E-state index contributed by atoms with van der Waals surface area (Å²) in [6.45, 7) is 8.96. The number of benzene rings is 1. The lowest BCUT2D eigenvalue weighted by Gasteiger charge is -2.35. The minimum atomic E-state index is -0.160. The summed E-state index contributed by atoms with van der Waals surface area (Å²) < 4.78 is 10.9. The van der Waals surface area contributed by atoms with E-state index >= 15 is 0 Å². The van der Waals surface area contributed by atoms with Crippen molar-refractivity contribution in [2.75, 3.05) is 65.6 Å². The van der Waals surface area contributed by atoms with Gasteiger partial charge in [0.15, 0.2) is 0 Å². The Morgan fingerprint density at radius 2 is 1.69 bits per heavy atom. The van der Waals surface area contributed by atoms with Gasteiger partial charge in [0.25, 0.3) is 0 Å². The smallest absolute Gasteiger partial charge is 0.409 e. The van der Waals surface area contributed by atoms with Gasteiger partial charge in [0, 0.05) is 45.8 Å². The molecule has 2 heterocycles. The molecule has 0 unspecified atom stereocenters. The van der Waals surface area contributed by atoms with Crippen molar-refractivity contribution >= 4 is 6.09 Å². The number of ether oxygens (including phenoxy) is 2. The van der Waals surface area contributed by atoms with Crippen LogP contribution in [0.4, 0.5) is 4.79 Å². The summed E-state index contributed by atoms with van der Waals surface area (Å²) in [7, 11) is 0. The number of nitrogens with zero attached hydrogens (tertiary/aromatic N) is 3. The van der Waals surface area contributed by atoms with Crippen LogP contribution in [0.5, 0.6) is 5.75 Å². The molecule has 0 saturated carbocycles. The predicted octanol–water partition coefficient (Wildman–Crippen LogP) is 1.62. The van der Waals surface area contributed by atoms with Crippen LogP contribution >= 0.6 is 0 Å². The maximum atomic E-state index is 11.5. The molecule has 0 aromatic heterocycles. The van der Waals surface area contributed by atoms with Gasteiger partial charge in [-0.25, -0.2) is 4.79 Å². The zero-order chi connectivity index (χ0) is 17.8. The molecular weight excluding hydrogens is 330 g/mol. The maximum absolute atomic E-state index is 11.5. The summed E-state index contributed by atoms with van der Waals surface area (Å²) in [4.78, 5) is 18.2. The van der Waals surface area contributed by atoms with Gasteiger partial charge in [-0.05, 0) is 42.5 Å². The summed E-state index contributed by atoms with van der Waals surface area (Å²) >= 11 is 0. The lowest BCUT2D eigenvalue weighted by Crippen LogP contribution is -2.49. The van der Waals surface area contributed by atoms with E-state index in [0.29, 0.717) is 6.61 Å². The average Bonchev–Trinajstić information content (AvgIpc) is 3.29. The van der Waals surface area contributed by atoms with E-state index in [4.69, 9.17) is 9.47 Å². The van der Waals surface area contributed by atoms with E-state index in [0.717, 1.165) is 64.7 Å². The number of fused-ring (bicyclic) bond motifs is 1. The van der Waals surface area contributed by atoms with Crippen LogP contribution in [-0.2, 0) is 17.6 Å². The fourth-order valence-electron chi connectivity index (χ4n) is 4.06. The van der Waals surface area contributed by atoms with E-state index < -0.39 is 0 Å². The molecule has 2 saturated heterocycles. The molecular formula is C20H29N3O3. The van der Waals surface area contributed by atoms with Crippen LogP contribution in [0.1, 0.15) is 17.5 Å². The van der Waals surface area contributed by atoms with Gasteiger partial charge < -0.3 is 14.4 Å². The van der Waals surface area contributed by atoms with Crippen LogP contribution in [0.15, 0.2) is 18.2 Å². The summed E-state index contributed by atoms with van der Waals surface area (Å²) in [6, 6.07) is 6.57. The number of cyclic esters (lactones) is 1. The molecule has 1 aromatic rings. The van der Waals surface area contributed by atoms with Crippen molar-refractivity contribution in [3.05, 3.63) is 29.3 Å². The van der Waals surface area contributed by atoms with Crippen LogP contribution in [0, 0.1) is 0 Å². The fourth-order valence-corrected chi connectivity index (χ4v) is 4.06. The SMILES string of the molecule is O=C1OCCN1CCN1CCN(CCOc2ccc3c(c2)CCC3)CC1. The largest absolute Gasteiger partial charge is 0.492 e. The average molecular weight is 359 g/mol. The molecule has 0 bridgehead atoms. The Hall–Kier alpha value is -1.79. The number of hydrogen-bond acceptors (Lipinski definition) is 5. The molecule has 2 fully saturated rings. The molecule has 142 valence electrons. The Kier molecular flexibility index (Phi) is 5.60. The fraction of sp³-hybridized carbons (Fsp3) is 0.650. The summed E-state index contributed by atoms with van der Waals surface area (Å²) in [5, 5.41) is 0. The highest BCUT2D eigenvalue weighted by molar-refractivity contribution is 5.69. The molecule has 1 amide bonds. The third-order valence-corrected chi connectivity index (χ3v) is 5.74. The van der Waals surface area contributed by atoms with Crippen LogP contribution in [0.2, 0.25) is 0 Å². The first-order valence-corrected chi connectivity index (χ1v) is 9.89. The van der Waals surface area contributed by atoms with Crippen molar-refractivity contribution in [2.24, 2.45) is 0 Å². The topological polar surface area (TPSA) is 45.2 Å². The van der Waals surface area contributed by atoms with Crippen molar-refractivity contribution in [1.29, 1.82) is 0 Å². The second kappa shape index (κ2) is 8.27. The molecule has 1 aliphatic carbocycles. The number of aryl methyl sites for hydroxylation is 2. The van der Waals surface area contributed by atoms with Crippen molar-refractivity contribution in [1.82, 2.24) is 14.7 Å². The molecule has 0 N–H and O–H groups in total. The summed E-state index contributed by atoms with van der Waals surface area (Å²) in [6.07, 6.45) is 3.54. The van der Waals surface area contributed by atoms with Gasteiger partial charge >= 0.3 is 6.09 Å². The molecule has 6 heteroatoms. The van der Waals surface area contributed by atoms with Gasteiger partial charge in [-0.3, -0.25) is 9.80 Å². The Balaban J connectivity index is 1.12. The quantitative estimate of drug-likeness (QED) is 0.740. The first-order chi connectivity index (χ1) is 12.8. The molecule has 6 nitrogen and oxygen atoms in total. The highest BCUT2D eigenvalue weighted by Crippen LogP contribution is 2.25. The molecule has 26 heavy (non-hydrogen) atoms. The number of carbonyl (C=O) groups is 1. The lowest BCUT2D eigenvalue weighted by molar-refractivity contribution is 0.109. The van der Waals surface area contributed by atoms with Gasteiger partial charge in [-0.1, -0.05) is 6.07 Å². The van der Waals surface area contributed by atoms with Crippen LogP contribution in [-0.4, -0.2) is 86.4 Å². The van der Waals surface area contributed by atoms with Crippen molar-refractivity contribution in [3.8, 4) is 5.75 Å². The number of carbonyl (C=O) groups excluding carboxylic acids is 1. The molecule has 0 atom stereocenters. The Bertz CT molecular complexity index is 629. The van der Waals surface area contributed by atoms with Gasteiger partial charge in [0.1, 0.15) is 19.0 Å². The molecule has 0 radical (unpaired) electrons. The molecule has 4 rings (SSSR count). The minimum Gasteiger partial charge on any atom is -0.492 e. The van der Waals surface area contributed by atoms with E-state index in [1.807, 2.05) is 0 Å². The zero-order valence-corrected chi connectivity index (χ0v) is 15.5. The highest BCUT2D eigenvalue weighted by atomic mass is 16.6. The maximum Gasteiger partial charge on any atom is 0.409 e. The minimum absolute atomic E-state index is 0.160. The Morgan fingerprint density at radius 1 is 0.923 bits per heavy atom. The standard InChI is InChI=1S/C20H29N3O3/c24-20-23(13-15-26-20)11-10-21-6-8-22(9-7-21)12-14-25-19-5-4-17-2-1-3-18(17)16-19/h4-5,16H,1-3,6-15H2. The number of piperazine rings is 1. The van der Waals surface area contributed by atoms with E-state index in [1.165, 1.54) is 30.4 Å². The Labute approximate surface area is 155 Å². The molecule has 2 aliphatic heterocycles. The number of hydrogen-bond donors (Lipinski definition) is 0.